The molecule has 4 heteroatoms. The summed E-state index contributed by atoms with van der Waals surface area (Å²) in [5, 5.41) is 2.96. The maximum Gasteiger partial charge on any atom is 0.251 e. The molecule has 1 atom stereocenters. The number of likely N-dealkylation sites (N-methyl/N-ethyl adjacent to an activating group) is 1. The number of rotatable bonds is 3. The molecule has 1 unspecified atom stereocenters. The highest BCUT2D eigenvalue weighted by molar-refractivity contribution is 5.94. The van der Waals surface area contributed by atoms with Crippen molar-refractivity contribution < 1.29 is 9.53 Å². The second-order valence-corrected chi connectivity index (χ2v) is 6.79. The van der Waals surface area contributed by atoms with E-state index in [0.717, 1.165) is 19.7 Å². The number of morpholine rings is 1. The van der Waals surface area contributed by atoms with Gasteiger partial charge >= 0.3 is 0 Å². The van der Waals surface area contributed by atoms with Crippen molar-refractivity contribution in [3.63, 3.8) is 0 Å². The molecule has 21 heavy (non-hydrogen) atoms. The number of carbonyl (C=O) groups excluding carboxylic acids is 1. The number of hydrogen-bond donors (Lipinski definition) is 1. The number of carbonyl (C=O) groups is 1. The van der Waals surface area contributed by atoms with Gasteiger partial charge in [0, 0.05) is 25.2 Å². The summed E-state index contributed by atoms with van der Waals surface area (Å²) in [6, 6.07) is 7.84. The van der Waals surface area contributed by atoms with Crippen molar-refractivity contribution in [1.29, 1.82) is 0 Å². The molecule has 1 heterocycles. The van der Waals surface area contributed by atoms with Crippen molar-refractivity contribution in [1.82, 2.24) is 10.2 Å². The lowest BCUT2D eigenvalue weighted by molar-refractivity contribution is -0.0175. The Labute approximate surface area is 127 Å². The zero-order valence-electron chi connectivity index (χ0n) is 13.5. The van der Waals surface area contributed by atoms with Crippen LogP contribution in [0.1, 0.15) is 36.7 Å². The SMILES string of the molecule is CN1CCOC(CNC(=O)c2ccc(C(C)(C)C)cc2)C1. The van der Waals surface area contributed by atoms with E-state index in [1.165, 1.54) is 5.56 Å². The summed E-state index contributed by atoms with van der Waals surface area (Å²) in [6.07, 6.45) is 0.0848. The number of hydrogen-bond acceptors (Lipinski definition) is 3. The summed E-state index contributed by atoms with van der Waals surface area (Å²) in [4.78, 5) is 14.4. The van der Waals surface area contributed by atoms with E-state index in [1.807, 2.05) is 24.3 Å². The molecule has 1 aliphatic heterocycles. The molecule has 0 bridgehead atoms. The van der Waals surface area contributed by atoms with Crippen molar-refractivity contribution in [3.05, 3.63) is 35.4 Å². The first-order chi connectivity index (χ1) is 9.86. The highest BCUT2D eigenvalue weighted by Crippen LogP contribution is 2.22. The van der Waals surface area contributed by atoms with Gasteiger partial charge in [0.1, 0.15) is 0 Å². The van der Waals surface area contributed by atoms with E-state index in [-0.39, 0.29) is 17.4 Å². The van der Waals surface area contributed by atoms with Gasteiger partial charge in [-0.15, -0.1) is 0 Å². The number of amides is 1. The third-order valence-electron chi connectivity index (χ3n) is 3.85. The minimum absolute atomic E-state index is 0.0349. The molecule has 4 nitrogen and oxygen atoms in total. The number of ether oxygens (including phenoxy) is 1. The van der Waals surface area contributed by atoms with Crippen molar-refractivity contribution in [2.24, 2.45) is 0 Å². The number of nitrogens with one attached hydrogen (secondary N) is 1. The Kier molecular flexibility index (Phi) is 5.01. The van der Waals surface area contributed by atoms with Crippen LogP contribution in [-0.4, -0.2) is 50.2 Å². The highest BCUT2D eigenvalue weighted by atomic mass is 16.5. The zero-order chi connectivity index (χ0) is 15.5. The van der Waals surface area contributed by atoms with Gasteiger partial charge in [-0.1, -0.05) is 32.9 Å². The fourth-order valence-electron chi connectivity index (χ4n) is 2.42. The van der Waals surface area contributed by atoms with Crippen molar-refractivity contribution >= 4 is 5.91 Å². The van der Waals surface area contributed by atoms with Crippen LogP contribution in [0.2, 0.25) is 0 Å². The average molecular weight is 290 g/mol. The first kappa shape index (κ1) is 16.0. The molecular weight excluding hydrogens is 264 g/mol. The number of benzene rings is 1. The molecule has 1 amide bonds. The maximum atomic E-state index is 12.1. The molecule has 1 aromatic rings. The van der Waals surface area contributed by atoms with Crippen LogP contribution in [-0.2, 0) is 10.2 Å². The van der Waals surface area contributed by atoms with E-state index >= 15 is 0 Å². The minimum Gasteiger partial charge on any atom is -0.374 e. The van der Waals surface area contributed by atoms with E-state index in [9.17, 15) is 4.79 Å². The predicted octanol–water partition coefficient (Wildman–Crippen LogP) is 2.04. The summed E-state index contributed by atoms with van der Waals surface area (Å²) in [5.74, 6) is -0.0349. The topological polar surface area (TPSA) is 41.6 Å². The van der Waals surface area contributed by atoms with Crippen LogP contribution in [0, 0.1) is 0 Å². The van der Waals surface area contributed by atoms with Crippen LogP contribution in [0.3, 0.4) is 0 Å². The average Bonchev–Trinajstić information content (AvgIpc) is 2.44. The largest absolute Gasteiger partial charge is 0.374 e. The normalized spacial score (nSPS) is 20.3. The summed E-state index contributed by atoms with van der Waals surface area (Å²) in [6.45, 7) is 9.61. The van der Waals surface area contributed by atoms with Gasteiger partial charge in [0.05, 0.1) is 12.7 Å². The van der Waals surface area contributed by atoms with Gasteiger partial charge in [-0.3, -0.25) is 4.79 Å². The van der Waals surface area contributed by atoms with Crippen LogP contribution in [0.5, 0.6) is 0 Å². The molecule has 0 spiro atoms. The van der Waals surface area contributed by atoms with Crippen molar-refractivity contribution in [2.45, 2.75) is 32.3 Å². The molecular formula is C17H26N2O2. The second kappa shape index (κ2) is 6.58. The molecule has 1 fully saturated rings. The Morgan fingerprint density at radius 3 is 2.57 bits per heavy atom. The zero-order valence-corrected chi connectivity index (χ0v) is 13.5. The van der Waals surface area contributed by atoms with E-state index in [1.54, 1.807) is 0 Å². The Morgan fingerprint density at radius 2 is 2.00 bits per heavy atom. The van der Waals surface area contributed by atoms with E-state index in [0.29, 0.717) is 12.1 Å². The highest BCUT2D eigenvalue weighted by Gasteiger charge is 2.19. The molecule has 1 aromatic carbocycles. The Balaban J connectivity index is 1.88. The summed E-state index contributed by atoms with van der Waals surface area (Å²) < 4.78 is 5.64. The third kappa shape index (κ3) is 4.55. The van der Waals surface area contributed by atoms with E-state index in [4.69, 9.17) is 4.74 Å². The Morgan fingerprint density at radius 1 is 1.33 bits per heavy atom. The lowest BCUT2D eigenvalue weighted by atomic mass is 9.87. The molecule has 0 radical (unpaired) electrons. The van der Waals surface area contributed by atoms with Crippen LogP contribution >= 0.6 is 0 Å². The fraction of sp³-hybridized carbons (Fsp3) is 0.588. The lowest BCUT2D eigenvalue weighted by Crippen LogP contribution is -2.45. The monoisotopic (exact) mass is 290 g/mol. The second-order valence-electron chi connectivity index (χ2n) is 6.79. The van der Waals surface area contributed by atoms with Gasteiger partial charge in [-0.2, -0.15) is 0 Å². The fourth-order valence-corrected chi connectivity index (χ4v) is 2.42. The summed E-state index contributed by atoms with van der Waals surface area (Å²) in [5.41, 5.74) is 2.04. The van der Waals surface area contributed by atoms with Crippen LogP contribution in [0.15, 0.2) is 24.3 Å². The standard InChI is InChI=1S/C17H26N2O2/c1-17(2,3)14-7-5-13(6-8-14)16(20)18-11-15-12-19(4)9-10-21-15/h5-8,15H,9-12H2,1-4H3,(H,18,20). The Hall–Kier alpha value is -1.39. The molecule has 116 valence electrons. The van der Waals surface area contributed by atoms with Gasteiger partial charge in [-0.05, 0) is 30.2 Å². The van der Waals surface area contributed by atoms with E-state index in [2.05, 4.69) is 38.0 Å². The molecule has 1 aliphatic rings. The van der Waals surface area contributed by atoms with Gasteiger partial charge in [-0.25, -0.2) is 0 Å². The first-order valence-electron chi connectivity index (χ1n) is 7.55. The maximum absolute atomic E-state index is 12.1. The third-order valence-corrected chi connectivity index (χ3v) is 3.85. The van der Waals surface area contributed by atoms with Crippen LogP contribution < -0.4 is 5.32 Å². The molecule has 0 aromatic heterocycles. The van der Waals surface area contributed by atoms with Gasteiger partial charge < -0.3 is 15.0 Å². The quantitative estimate of drug-likeness (QED) is 0.926. The van der Waals surface area contributed by atoms with Crippen molar-refractivity contribution in [2.75, 3.05) is 33.3 Å². The smallest absolute Gasteiger partial charge is 0.251 e. The summed E-state index contributed by atoms with van der Waals surface area (Å²) >= 11 is 0. The van der Waals surface area contributed by atoms with Gasteiger partial charge in [0.2, 0.25) is 0 Å². The molecule has 0 saturated carbocycles. The molecule has 1 N–H and O–H groups in total. The molecule has 2 rings (SSSR count). The van der Waals surface area contributed by atoms with Gasteiger partial charge in [0.15, 0.2) is 0 Å². The summed E-state index contributed by atoms with van der Waals surface area (Å²) in [7, 11) is 2.07. The van der Waals surface area contributed by atoms with Crippen molar-refractivity contribution in [3.8, 4) is 0 Å². The number of nitrogens with zero attached hydrogens (tertiary/aromatic N) is 1. The Bertz CT molecular complexity index is 477. The predicted molar refractivity (Wildman–Crippen MR) is 84.7 cm³/mol. The van der Waals surface area contributed by atoms with Gasteiger partial charge in [0.25, 0.3) is 5.91 Å². The van der Waals surface area contributed by atoms with E-state index < -0.39 is 0 Å². The lowest BCUT2D eigenvalue weighted by Gasteiger charge is -2.30. The van der Waals surface area contributed by atoms with Crippen LogP contribution in [0.25, 0.3) is 0 Å². The van der Waals surface area contributed by atoms with Crippen LogP contribution in [0.4, 0.5) is 0 Å². The first-order valence-corrected chi connectivity index (χ1v) is 7.55. The molecule has 1 saturated heterocycles. The molecule has 0 aliphatic carbocycles. The minimum atomic E-state index is -0.0349.